The molecular formula is C17H16FN7S. The summed E-state index contributed by atoms with van der Waals surface area (Å²) in [6.07, 6.45) is 4.45. The van der Waals surface area contributed by atoms with E-state index in [4.69, 9.17) is 0 Å². The van der Waals surface area contributed by atoms with Crippen LogP contribution >= 0.6 is 11.3 Å². The summed E-state index contributed by atoms with van der Waals surface area (Å²) in [5.41, 5.74) is 1.11. The maximum absolute atomic E-state index is 14.2. The molecule has 0 aromatic carbocycles. The van der Waals surface area contributed by atoms with Crippen molar-refractivity contribution in [3.05, 3.63) is 30.1 Å². The quantitative estimate of drug-likeness (QED) is 0.756. The maximum Gasteiger partial charge on any atom is 0.186 e. The Morgan fingerprint density at radius 2 is 2.27 bits per heavy atom. The molecule has 0 bridgehead atoms. The highest BCUT2D eigenvalue weighted by molar-refractivity contribution is 7.22. The van der Waals surface area contributed by atoms with Crippen molar-refractivity contribution >= 4 is 38.3 Å². The highest BCUT2D eigenvalue weighted by Crippen LogP contribution is 2.36. The van der Waals surface area contributed by atoms with Crippen LogP contribution in [0.1, 0.15) is 18.5 Å². The monoisotopic (exact) mass is 369 g/mol. The number of thiazole rings is 1. The van der Waals surface area contributed by atoms with Crippen LogP contribution in [0.25, 0.3) is 10.2 Å². The molecular weight excluding hydrogens is 353 g/mol. The fourth-order valence-electron chi connectivity index (χ4n) is 3.00. The van der Waals surface area contributed by atoms with Crippen LogP contribution in [0, 0.1) is 30.0 Å². The van der Waals surface area contributed by atoms with Crippen LogP contribution in [-0.2, 0) is 0 Å². The molecule has 1 aliphatic rings. The van der Waals surface area contributed by atoms with Crippen LogP contribution in [0.2, 0.25) is 0 Å². The Labute approximate surface area is 153 Å². The zero-order valence-corrected chi connectivity index (χ0v) is 14.9. The van der Waals surface area contributed by atoms with E-state index < -0.39 is 5.82 Å². The molecule has 1 unspecified atom stereocenters. The summed E-state index contributed by atoms with van der Waals surface area (Å²) < 4.78 is 14.9. The fourth-order valence-corrected chi connectivity index (χ4v) is 4.05. The van der Waals surface area contributed by atoms with Gasteiger partial charge in [0.1, 0.15) is 22.4 Å². The smallest absolute Gasteiger partial charge is 0.186 e. The third-order valence-corrected chi connectivity index (χ3v) is 5.41. The summed E-state index contributed by atoms with van der Waals surface area (Å²) in [6.45, 7) is 3.31. The molecule has 0 spiro atoms. The Morgan fingerprint density at radius 1 is 1.38 bits per heavy atom. The van der Waals surface area contributed by atoms with Gasteiger partial charge in [-0.15, -0.1) is 0 Å². The first kappa shape index (κ1) is 16.6. The molecule has 1 N–H and O–H groups in total. The Morgan fingerprint density at radius 3 is 3.08 bits per heavy atom. The number of rotatable bonds is 3. The largest absolute Gasteiger partial charge is 0.347 e. The van der Waals surface area contributed by atoms with Gasteiger partial charge in [-0.2, -0.15) is 5.26 Å². The van der Waals surface area contributed by atoms with Gasteiger partial charge in [0.15, 0.2) is 16.8 Å². The summed E-state index contributed by atoms with van der Waals surface area (Å²) in [4.78, 5) is 18.9. The number of hydrogen-bond donors (Lipinski definition) is 1. The first-order valence-corrected chi connectivity index (χ1v) is 9.11. The number of aromatic nitrogens is 4. The normalized spacial score (nSPS) is 17.3. The number of piperidine rings is 1. The molecule has 1 atom stereocenters. The van der Waals surface area contributed by atoms with Gasteiger partial charge in [0.05, 0.1) is 18.2 Å². The zero-order valence-electron chi connectivity index (χ0n) is 14.1. The number of pyridine rings is 1. The minimum absolute atomic E-state index is 0.0136. The standard InChI is InChI=1S/C17H16FN7S/c1-10-5-13(22-9-21-10)23-16-15-14(12(18)7-20-16)24-17(26-15)25-4-2-3-11(6-19)8-25/h5,7,9,11H,2-4,8H2,1H3,(H,20,21,22,23). The molecule has 0 radical (unpaired) electrons. The molecule has 9 heteroatoms. The van der Waals surface area contributed by atoms with E-state index in [9.17, 15) is 9.65 Å². The fraction of sp³-hybridized carbons (Fsp3) is 0.353. The average molecular weight is 369 g/mol. The van der Waals surface area contributed by atoms with Gasteiger partial charge >= 0.3 is 0 Å². The van der Waals surface area contributed by atoms with E-state index in [0.717, 1.165) is 31.3 Å². The van der Waals surface area contributed by atoms with Gasteiger partial charge in [0, 0.05) is 24.8 Å². The van der Waals surface area contributed by atoms with Crippen molar-refractivity contribution in [3.8, 4) is 6.07 Å². The van der Waals surface area contributed by atoms with Crippen LogP contribution < -0.4 is 10.2 Å². The molecule has 1 fully saturated rings. The second-order valence-electron chi connectivity index (χ2n) is 6.21. The lowest BCUT2D eigenvalue weighted by atomic mass is 10.0. The minimum atomic E-state index is -0.458. The predicted octanol–water partition coefficient (Wildman–Crippen LogP) is 3.41. The molecule has 4 heterocycles. The van der Waals surface area contributed by atoms with Gasteiger partial charge in [0.25, 0.3) is 0 Å². The van der Waals surface area contributed by atoms with E-state index in [1.165, 1.54) is 17.7 Å². The molecule has 0 aliphatic carbocycles. The molecule has 1 aliphatic heterocycles. The lowest BCUT2D eigenvalue weighted by Gasteiger charge is -2.28. The van der Waals surface area contributed by atoms with Gasteiger partial charge in [-0.05, 0) is 19.8 Å². The first-order valence-electron chi connectivity index (χ1n) is 8.29. The van der Waals surface area contributed by atoms with Gasteiger partial charge in [0.2, 0.25) is 0 Å². The molecule has 7 nitrogen and oxygen atoms in total. The number of anilines is 3. The summed E-state index contributed by atoms with van der Waals surface area (Å²) >= 11 is 1.38. The van der Waals surface area contributed by atoms with Crippen LogP contribution in [0.3, 0.4) is 0 Å². The Balaban J connectivity index is 1.70. The van der Waals surface area contributed by atoms with Gasteiger partial charge in [-0.1, -0.05) is 11.3 Å². The summed E-state index contributed by atoms with van der Waals surface area (Å²) in [7, 11) is 0. The SMILES string of the molecule is Cc1cc(Nc2ncc(F)c3nc(N4CCCC(C#N)C4)sc23)ncn1. The molecule has 3 aromatic heterocycles. The number of nitriles is 1. The first-order chi connectivity index (χ1) is 12.6. The number of aryl methyl sites for hydroxylation is 1. The van der Waals surface area contributed by atoms with Gasteiger partial charge in [-0.3, -0.25) is 0 Å². The van der Waals surface area contributed by atoms with Crippen molar-refractivity contribution in [2.24, 2.45) is 5.92 Å². The third kappa shape index (κ3) is 3.15. The molecule has 26 heavy (non-hydrogen) atoms. The summed E-state index contributed by atoms with van der Waals surface area (Å²) in [5, 5.41) is 13.0. The second kappa shape index (κ2) is 6.80. The van der Waals surface area contributed by atoms with Crippen molar-refractivity contribution in [3.63, 3.8) is 0 Å². The molecule has 132 valence electrons. The van der Waals surface area contributed by atoms with E-state index in [1.54, 1.807) is 6.07 Å². The number of nitrogens with zero attached hydrogens (tertiary/aromatic N) is 6. The van der Waals surface area contributed by atoms with Crippen LogP contribution in [0.5, 0.6) is 0 Å². The minimum Gasteiger partial charge on any atom is -0.347 e. The molecule has 0 amide bonds. The predicted molar refractivity (Wildman–Crippen MR) is 98.0 cm³/mol. The van der Waals surface area contributed by atoms with Crippen molar-refractivity contribution < 1.29 is 4.39 Å². The van der Waals surface area contributed by atoms with Crippen molar-refractivity contribution in [1.29, 1.82) is 5.26 Å². The number of nitrogens with one attached hydrogen (secondary N) is 1. The second-order valence-corrected chi connectivity index (χ2v) is 7.19. The van der Waals surface area contributed by atoms with Gasteiger partial charge < -0.3 is 10.2 Å². The van der Waals surface area contributed by atoms with Crippen LogP contribution in [-0.4, -0.2) is 33.0 Å². The van der Waals surface area contributed by atoms with E-state index >= 15 is 0 Å². The van der Waals surface area contributed by atoms with Crippen LogP contribution in [0.15, 0.2) is 18.6 Å². The zero-order chi connectivity index (χ0) is 18.1. The van der Waals surface area contributed by atoms with Gasteiger partial charge in [-0.25, -0.2) is 24.3 Å². The molecule has 1 saturated heterocycles. The Kier molecular flexibility index (Phi) is 4.34. The van der Waals surface area contributed by atoms with E-state index in [-0.39, 0.29) is 11.4 Å². The van der Waals surface area contributed by atoms with E-state index in [0.29, 0.717) is 28.0 Å². The van der Waals surface area contributed by atoms with Crippen molar-refractivity contribution in [1.82, 2.24) is 19.9 Å². The third-order valence-electron chi connectivity index (χ3n) is 4.29. The highest BCUT2D eigenvalue weighted by Gasteiger charge is 2.24. The lowest BCUT2D eigenvalue weighted by Crippen LogP contribution is -2.34. The van der Waals surface area contributed by atoms with E-state index in [2.05, 4.69) is 36.2 Å². The maximum atomic E-state index is 14.2. The molecule has 3 aromatic rings. The van der Waals surface area contributed by atoms with Crippen molar-refractivity contribution in [2.45, 2.75) is 19.8 Å². The molecule has 4 rings (SSSR count). The number of hydrogen-bond acceptors (Lipinski definition) is 8. The number of halogens is 1. The Bertz CT molecular complexity index is 996. The van der Waals surface area contributed by atoms with E-state index in [1.807, 2.05) is 6.92 Å². The summed E-state index contributed by atoms with van der Waals surface area (Å²) in [6, 6.07) is 4.11. The van der Waals surface area contributed by atoms with Crippen LogP contribution in [0.4, 0.5) is 21.2 Å². The summed E-state index contributed by atoms with van der Waals surface area (Å²) in [5.74, 6) is 0.633. The molecule has 0 saturated carbocycles. The number of fused-ring (bicyclic) bond motifs is 1. The topological polar surface area (TPSA) is 90.6 Å². The highest BCUT2D eigenvalue weighted by atomic mass is 32.1. The van der Waals surface area contributed by atoms with Crippen molar-refractivity contribution in [2.75, 3.05) is 23.3 Å². The lowest BCUT2D eigenvalue weighted by molar-refractivity contribution is 0.493. The average Bonchev–Trinajstić information content (AvgIpc) is 3.11. The Hall–Kier alpha value is -2.86.